The standard InChI is InChI=1S/C9H6N2.2C2H6.2CH4/c1-7-3-4-8(6-10)9(5-7)11-2;2*1-2;;/h3-5H,1H3;2*1-2H3;2*1H4/i3D;;;;. The Balaban J connectivity index is -0.000000149. The van der Waals surface area contributed by atoms with E-state index in [4.69, 9.17) is 13.2 Å². The van der Waals surface area contributed by atoms with Crippen LogP contribution in [0.5, 0.6) is 0 Å². The van der Waals surface area contributed by atoms with Crippen LogP contribution in [-0.2, 0) is 0 Å². The van der Waals surface area contributed by atoms with Crippen LogP contribution in [0.4, 0.5) is 5.69 Å². The highest BCUT2D eigenvalue weighted by Gasteiger charge is 1.99. The second kappa shape index (κ2) is 16.6. The van der Waals surface area contributed by atoms with Crippen LogP contribution in [0.1, 0.15) is 55.0 Å². The van der Waals surface area contributed by atoms with Gasteiger partial charge in [0.15, 0.2) is 0 Å². The zero-order chi connectivity index (χ0) is 13.1. The first-order valence-electron chi connectivity index (χ1n) is 5.58. The summed E-state index contributed by atoms with van der Waals surface area (Å²) >= 11 is 0. The van der Waals surface area contributed by atoms with E-state index in [-0.39, 0.29) is 20.4 Å². The predicted molar refractivity (Wildman–Crippen MR) is 78.3 cm³/mol. The van der Waals surface area contributed by atoms with Crippen LogP contribution in [0.3, 0.4) is 0 Å². The lowest BCUT2D eigenvalue weighted by molar-refractivity contribution is 1.44. The van der Waals surface area contributed by atoms with Crippen molar-refractivity contribution < 1.29 is 1.37 Å². The van der Waals surface area contributed by atoms with E-state index in [2.05, 4.69) is 4.85 Å². The van der Waals surface area contributed by atoms with E-state index >= 15 is 0 Å². The van der Waals surface area contributed by atoms with Crippen molar-refractivity contribution in [1.29, 1.82) is 5.26 Å². The third-order valence-corrected chi connectivity index (χ3v) is 1.31. The molecule has 0 heterocycles. The van der Waals surface area contributed by atoms with Gasteiger partial charge in [0.05, 0.1) is 19.6 Å². The topological polar surface area (TPSA) is 28.1 Å². The van der Waals surface area contributed by atoms with Gasteiger partial charge >= 0.3 is 0 Å². The molecule has 0 atom stereocenters. The summed E-state index contributed by atoms with van der Waals surface area (Å²) in [5, 5.41) is 8.59. The predicted octanol–water partition coefficient (Wildman–Crippen LogP) is 5.74. The van der Waals surface area contributed by atoms with Crippen LogP contribution in [0.25, 0.3) is 4.85 Å². The maximum atomic E-state index is 8.59. The number of nitrogens with zero attached hydrogens (tertiary/aromatic N) is 2. The molecule has 1 aromatic rings. The van der Waals surface area contributed by atoms with Crippen LogP contribution < -0.4 is 0 Å². The molecule has 0 aromatic heterocycles. The fourth-order valence-electron chi connectivity index (χ4n) is 0.766. The first kappa shape index (κ1) is 20.6. The van der Waals surface area contributed by atoms with Crippen LogP contribution >= 0.6 is 0 Å². The normalized spacial score (nSPS) is 6.88. The number of rotatable bonds is 0. The summed E-state index contributed by atoms with van der Waals surface area (Å²) < 4.78 is 7.38. The molecule has 0 saturated heterocycles. The molecule has 0 N–H and O–H groups in total. The molecule has 0 bridgehead atoms. The Morgan fingerprint density at radius 1 is 1.29 bits per heavy atom. The molecule has 96 valence electrons. The first-order chi connectivity index (χ1) is 7.69. The monoisotopic (exact) mass is 235 g/mol. The van der Waals surface area contributed by atoms with Crippen molar-refractivity contribution in [1.82, 2.24) is 0 Å². The molecular weight excluding hydrogens is 208 g/mol. The van der Waals surface area contributed by atoms with Crippen molar-refractivity contribution >= 4 is 5.69 Å². The molecule has 17 heavy (non-hydrogen) atoms. The highest BCUT2D eigenvalue weighted by atomic mass is 14.6. The van der Waals surface area contributed by atoms with Gasteiger partial charge in [-0.25, -0.2) is 4.85 Å². The van der Waals surface area contributed by atoms with E-state index < -0.39 is 0 Å². The van der Waals surface area contributed by atoms with Crippen LogP contribution in [0.15, 0.2) is 18.2 Å². The summed E-state index contributed by atoms with van der Waals surface area (Å²) in [7, 11) is 0. The zero-order valence-corrected chi connectivity index (χ0v) is 10.0. The number of benzene rings is 1. The first-order valence-corrected chi connectivity index (χ1v) is 5.08. The lowest BCUT2D eigenvalue weighted by Gasteiger charge is -1.94. The molecule has 0 aliphatic carbocycles. The Hall–Kier alpha value is -1.80. The fraction of sp³-hybridized carbons (Fsp3) is 0.467. The molecule has 0 aliphatic rings. The van der Waals surface area contributed by atoms with Crippen molar-refractivity contribution in [2.45, 2.75) is 49.5 Å². The van der Waals surface area contributed by atoms with Crippen molar-refractivity contribution in [2.24, 2.45) is 0 Å². The number of hydrogen-bond donors (Lipinski definition) is 0. The van der Waals surface area contributed by atoms with E-state index in [9.17, 15) is 0 Å². The average molecular weight is 235 g/mol. The summed E-state index contributed by atoms with van der Waals surface area (Å²) in [4.78, 5) is 3.19. The summed E-state index contributed by atoms with van der Waals surface area (Å²) in [6.45, 7) is 16.5. The molecule has 0 unspecified atom stereocenters. The molecular formula is C15H26N2. The lowest BCUT2D eigenvalue weighted by Crippen LogP contribution is -1.75. The van der Waals surface area contributed by atoms with E-state index in [1.165, 1.54) is 6.07 Å². The smallest absolute Gasteiger partial charge is 0.204 e. The SMILES string of the molecule is C.C.CC.CC.[2H]c1cc(C#N)c([N+]#[C-])cc1C. The summed E-state index contributed by atoms with van der Waals surface area (Å²) in [5.41, 5.74) is 1.33. The van der Waals surface area contributed by atoms with Gasteiger partial charge in [-0.05, 0) is 6.92 Å². The Morgan fingerprint density at radius 2 is 1.76 bits per heavy atom. The summed E-state index contributed by atoms with van der Waals surface area (Å²) in [5.74, 6) is 0. The van der Waals surface area contributed by atoms with Gasteiger partial charge in [0.2, 0.25) is 5.69 Å². The maximum Gasteiger partial charge on any atom is 0.204 e. The molecule has 2 heteroatoms. The minimum absolute atomic E-state index is 0. The maximum absolute atomic E-state index is 8.59. The molecule has 1 aromatic carbocycles. The second-order valence-corrected chi connectivity index (χ2v) is 2.14. The van der Waals surface area contributed by atoms with Gasteiger partial charge in [-0.2, -0.15) is 5.26 Å². The van der Waals surface area contributed by atoms with Gasteiger partial charge in [0.25, 0.3) is 0 Å². The average Bonchev–Trinajstić information content (AvgIpc) is 2.37. The van der Waals surface area contributed by atoms with E-state index in [1.807, 2.05) is 33.8 Å². The molecule has 0 saturated carbocycles. The van der Waals surface area contributed by atoms with Crippen LogP contribution in [0, 0.1) is 24.8 Å². The Bertz CT molecular complexity index is 359. The van der Waals surface area contributed by atoms with Gasteiger partial charge in [-0.15, -0.1) is 0 Å². The Morgan fingerprint density at radius 3 is 2.12 bits per heavy atom. The third-order valence-electron chi connectivity index (χ3n) is 1.31. The van der Waals surface area contributed by atoms with Crippen molar-refractivity contribution in [3.8, 4) is 6.07 Å². The molecule has 1 rings (SSSR count). The van der Waals surface area contributed by atoms with Gasteiger partial charge in [-0.1, -0.05) is 66.3 Å². The van der Waals surface area contributed by atoms with Crippen molar-refractivity contribution in [3.63, 3.8) is 0 Å². The van der Waals surface area contributed by atoms with Crippen LogP contribution in [-0.4, -0.2) is 0 Å². The minimum Gasteiger partial charge on any atom is -0.237 e. The highest BCUT2D eigenvalue weighted by Crippen LogP contribution is 2.19. The largest absolute Gasteiger partial charge is 0.237 e. The number of hydrogen-bond acceptors (Lipinski definition) is 1. The Labute approximate surface area is 109 Å². The van der Waals surface area contributed by atoms with Gasteiger partial charge < -0.3 is 0 Å². The van der Waals surface area contributed by atoms with E-state index in [0.29, 0.717) is 11.7 Å². The lowest BCUT2D eigenvalue weighted by atomic mass is 10.1. The van der Waals surface area contributed by atoms with Gasteiger partial charge in [0, 0.05) is 0 Å². The van der Waals surface area contributed by atoms with Crippen LogP contribution in [0.2, 0.25) is 0 Å². The molecule has 0 radical (unpaired) electrons. The fourth-order valence-corrected chi connectivity index (χ4v) is 0.766. The molecule has 0 aliphatic heterocycles. The van der Waals surface area contributed by atoms with E-state index in [0.717, 1.165) is 5.56 Å². The molecule has 2 nitrogen and oxygen atoms in total. The van der Waals surface area contributed by atoms with Crippen molar-refractivity contribution in [2.75, 3.05) is 0 Å². The summed E-state index contributed by atoms with van der Waals surface area (Å²) in [6.07, 6.45) is 0. The van der Waals surface area contributed by atoms with Gasteiger partial charge in [0.1, 0.15) is 0 Å². The zero-order valence-electron chi connectivity index (χ0n) is 11.0. The van der Waals surface area contributed by atoms with Gasteiger partial charge in [-0.3, -0.25) is 0 Å². The quantitative estimate of drug-likeness (QED) is 0.527. The number of nitriles is 1. The third kappa shape index (κ3) is 9.15. The summed E-state index contributed by atoms with van der Waals surface area (Å²) in [6, 6.07) is 5.17. The van der Waals surface area contributed by atoms with Crippen molar-refractivity contribution in [3.05, 3.63) is 40.7 Å². The minimum atomic E-state index is 0. The van der Waals surface area contributed by atoms with E-state index in [1.54, 1.807) is 13.0 Å². The molecule has 0 spiro atoms. The second-order valence-electron chi connectivity index (χ2n) is 2.14. The number of aryl methyl sites for hydroxylation is 1. The molecule has 0 amide bonds. The molecule has 0 fully saturated rings. The highest BCUT2D eigenvalue weighted by molar-refractivity contribution is 5.59. The Kier molecular flexibility index (Phi) is 20.1.